The third kappa shape index (κ3) is 7.37. The van der Waals surface area contributed by atoms with Crippen molar-refractivity contribution in [3.05, 3.63) is 16.1 Å². The van der Waals surface area contributed by atoms with Gasteiger partial charge < -0.3 is 15.1 Å². The second-order valence-electron chi connectivity index (χ2n) is 6.43. The highest BCUT2D eigenvalue weighted by Gasteiger charge is 2.33. The highest BCUT2D eigenvalue weighted by Crippen LogP contribution is 2.30. The quantitative estimate of drug-likeness (QED) is 0.340. The van der Waals surface area contributed by atoms with Gasteiger partial charge in [-0.15, -0.1) is 35.3 Å². The third-order valence-corrected chi connectivity index (χ3v) is 5.58. The predicted molar refractivity (Wildman–Crippen MR) is 115 cm³/mol. The van der Waals surface area contributed by atoms with Crippen LogP contribution in [0, 0.1) is 5.92 Å². The molecule has 27 heavy (non-hydrogen) atoms. The summed E-state index contributed by atoms with van der Waals surface area (Å²) in [5.41, 5.74) is -0.805. The molecule has 2 rings (SSSR count). The summed E-state index contributed by atoms with van der Waals surface area (Å²) in [6, 6.07) is 0. The summed E-state index contributed by atoms with van der Waals surface area (Å²) in [6.45, 7) is 10.0. The number of hydrogen-bond donors (Lipinski definition) is 1. The molecule has 1 aromatic rings. The SMILES string of the molecule is CCN(CC)CC1CCN(C(=NC)NCCc2nc(C(F)(F)F)cs2)C1.I. The van der Waals surface area contributed by atoms with Crippen LogP contribution in [0.3, 0.4) is 0 Å². The maximum atomic E-state index is 12.6. The van der Waals surface area contributed by atoms with E-state index in [1.165, 1.54) is 0 Å². The number of hydrogen-bond acceptors (Lipinski definition) is 4. The van der Waals surface area contributed by atoms with Crippen LogP contribution in [0.4, 0.5) is 13.2 Å². The van der Waals surface area contributed by atoms with Gasteiger partial charge in [0.2, 0.25) is 0 Å². The summed E-state index contributed by atoms with van der Waals surface area (Å²) < 4.78 is 37.8. The van der Waals surface area contributed by atoms with Gasteiger partial charge in [0, 0.05) is 45.0 Å². The molecule has 5 nitrogen and oxygen atoms in total. The number of alkyl halides is 3. The molecule has 0 radical (unpaired) electrons. The first-order chi connectivity index (χ1) is 12.4. The molecule has 1 saturated heterocycles. The van der Waals surface area contributed by atoms with E-state index >= 15 is 0 Å². The van der Waals surface area contributed by atoms with Crippen molar-refractivity contribution in [2.75, 3.05) is 46.3 Å². The smallest absolute Gasteiger partial charge is 0.356 e. The maximum absolute atomic E-state index is 12.6. The van der Waals surface area contributed by atoms with E-state index in [9.17, 15) is 13.2 Å². The molecule has 0 aliphatic carbocycles. The number of rotatable bonds is 7. The van der Waals surface area contributed by atoms with Gasteiger partial charge in [-0.05, 0) is 25.4 Å². The second-order valence-corrected chi connectivity index (χ2v) is 7.38. The van der Waals surface area contributed by atoms with Gasteiger partial charge in [0.25, 0.3) is 0 Å². The Labute approximate surface area is 180 Å². The Morgan fingerprint density at radius 3 is 2.67 bits per heavy atom. The molecule has 1 aliphatic rings. The van der Waals surface area contributed by atoms with Crippen LogP contribution < -0.4 is 5.32 Å². The zero-order valence-electron chi connectivity index (χ0n) is 16.1. The van der Waals surface area contributed by atoms with Gasteiger partial charge in [-0.3, -0.25) is 4.99 Å². The van der Waals surface area contributed by atoms with E-state index < -0.39 is 11.9 Å². The Morgan fingerprint density at radius 2 is 2.11 bits per heavy atom. The molecular weight excluding hydrogens is 490 g/mol. The summed E-state index contributed by atoms with van der Waals surface area (Å²) >= 11 is 1.05. The van der Waals surface area contributed by atoms with Crippen molar-refractivity contribution in [2.45, 2.75) is 32.9 Å². The van der Waals surface area contributed by atoms with Crippen LogP contribution in [0.2, 0.25) is 0 Å². The predicted octanol–water partition coefficient (Wildman–Crippen LogP) is 3.56. The molecule has 0 bridgehead atoms. The van der Waals surface area contributed by atoms with Crippen LogP contribution in [0.15, 0.2) is 10.4 Å². The van der Waals surface area contributed by atoms with E-state index in [0.29, 0.717) is 23.9 Å². The van der Waals surface area contributed by atoms with Gasteiger partial charge in [0.15, 0.2) is 11.7 Å². The van der Waals surface area contributed by atoms with Crippen LogP contribution in [0.25, 0.3) is 0 Å². The van der Waals surface area contributed by atoms with Gasteiger partial charge in [-0.25, -0.2) is 4.98 Å². The number of aromatic nitrogens is 1. The molecule has 1 N–H and O–H groups in total. The highest BCUT2D eigenvalue weighted by atomic mass is 127. The van der Waals surface area contributed by atoms with Crippen LogP contribution in [0.1, 0.15) is 31.0 Å². The molecule has 1 atom stereocenters. The molecule has 1 fully saturated rings. The standard InChI is InChI=1S/C17H28F3N5S.HI/c1-4-24(5-2)10-13-7-9-25(11-13)16(21-3)22-8-6-15-23-14(12-26-15)17(18,19)20;/h12-13H,4-11H2,1-3H3,(H,21,22);1H. The summed E-state index contributed by atoms with van der Waals surface area (Å²) in [5.74, 6) is 1.45. The van der Waals surface area contributed by atoms with Crippen molar-refractivity contribution < 1.29 is 13.2 Å². The number of likely N-dealkylation sites (tertiary alicyclic amines) is 1. The average molecular weight is 519 g/mol. The van der Waals surface area contributed by atoms with Crippen molar-refractivity contribution in [3.8, 4) is 0 Å². The molecule has 0 spiro atoms. The van der Waals surface area contributed by atoms with Crippen molar-refractivity contribution >= 4 is 41.3 Å². The Bertz CT molecular complexity index is 589. The van der Waals surface area contributed by atoms with Crippen LogP contribution in [0.5, 0.6) is 0 Å². The normalized spacial score (nSPS) is 18.1. The van der Waals surface area contributed by atoms with Gasteiger partial charge >= 0.3 is 6.18 Å². The average Bonchev–Trinajstić information content (AvgIpc) is 3.26. The first-order valence-electron chi connectivity index (χ1n) is 9.06. The fourth-order valence-electron chi connectivity index (χ4n) is 3.19. The van der Waals surface area contributed by atoms with E-state index in [2.05, 4.69) is 38.9 Å². The van der Waals surface area contributed by atoms with Crippen molar-refractivity contribution in [1.82, 2.24) is 20.1 Å². The molecule has 1 unspecified atom stereocenters. The molecule has 156 valence electrons. The second kappa shape index (κ2) is 11.4. The van der Waals surface area contributed by atoms with Gasteiger partial charge in [-0.1, -0.05) is 13.8 Å². The van der Waals surface area contributed by atoms with Gasteiger partial charge in [0.05, 0.1) is 5.01 Å². The summed E-state index contributed by atoms with van der Waals surface area (Å²) in [6.07, 6.45) is -2.78. The number of nitrogens with one attached hydrogen (secondary N) is 1. The van der Waals surface area contributed by atoms with E-state index in [-0.39, 0.29) is 24.0 Å². The van der Waals surface area contributed by atoms with Gasteiger partial charge in [0.1, 0.15) is 0 Å². The number of nitrogens with zero attached hydrogens (tertiary/aromatic N) is 4. The largest absolute Gasteiger partial charge is 0.434 e. The monoisotopic (exact) mass is 519 g/mol. The minimum atomic E-state index is -4.37. The van der Waals surface area contributed by atoms with Crippen molar-refractivity contribution in [2.24, 2.45) is 10.9 Å². The van der Waals surface area contributed by atoms with Crippen LogP contribution in [-0.2, 0) is 12.6 Å². The molecule has 1 aliphatic heterocycles. The fourth-order valence-corrected chi connectivity index (χ4v) is 4.00. The zero-order chi connectivity index (χ0) is 19.2. The lowest BCUT2D eigenvalue weighted by atomic mass is 10.1. The first kappa shape index (κ1) is 24.4. The Hall–Kier alpha value is -0.620. The first-order valence-corrected chi connectivity index (χ1v) is 9.94. The van der Waals surface area contributed by atoms with E-state index in [1.54, 1.807) is 7.05 Å². The number of guanidine groups is 1. The Morgan fingerprint density at radius 1 is 1.41 bits per heavy atom. The minimum absolute atomic E-state index is 0. The number of halogens is 4. The van der Waals surface area contributed by atoms with E-state index in [1.807, 2.05) is 0 Å². The third-order valence-electron chi connectivity index (χ3n) is 4.67. The highest BCUT2D eigenvalue weighted by molar-refractivity contribution is 14.0. The molecule has 0 saturated carbocycles. The number of thiazole rings is 1. The van der Waals surface area contributed by atoms with Crippen LogP contribution in [-0.4, -0.2) is 67.1 Å². The topological polar surface area (TPSA) is 43.8 Å². The van der Waals surface area contributed by atoms with Crippen molar-refractivity contribution in [1.29, 1.82) is 0 Å². The van der Waals surface area contributed by atoms with Gasteiger partial charge in [-0.2, -0.15) is 13.2 Å². The lowest BCUT2D eigenvalue weighted by Crippen LogP contribution is -2.41. The lowest BCUT2D eigenvalue weighted by Gasteiger charge is -2.24. The lowest BCUT2D eigenvalue weighted by molar-refractivity contribution is -0.140. The molecule has 0 aromatic carbocycles. The molecule has 1 aromatic heterocycles. The summed E-state index contributed by atoms with van der Waals surface area (Å²) in [7, 11) is 1.74. The molecule has 0 amide bonds. The molecular formula is C17H29F3IN5S. The molecule has 2 heterocycles. The van der Waals surface area contributed by atoms with Crippen LogP contribution >= 0.6 is 35.3 Å². The zero-order valence-corrected chi connectivity index (χ0v) is 19.2. The Kier molecular flexibility index (Phi) is 10.3. The fraction of sp³-hybridized carbons (Fsp3) is 0.765. The number of aliphatic imine (C=N–C) groups is 1. The molecule has 10 heteroatoms. The summed E-state index contributed by atoms with van der Waals surface area (Å²) in [4.78, 5) is 12.6. The van der Waals surface area contributed by atoms with E-state index in [0.717, 1.165) is 61.8 Å². The summed E-state index contributed by atoms with van der Waals surface area (Å²) in [5, 5.41) is 4.82. The minimum Gasteiger partial charge on any atom is -0.356 e. The maximum Gasteiger partial charge on any atom is 0.434 e. The van der Waals surface area contributed by atoms with Crippen molar-refractivity contribution in [3.63, 3.8) is 0 Å². The Balaban J connectivity index is 0.00000364. The van der Waals surface area contributed by atoms with E-state index in [4.69, 9.17) is 0 Å².